The molecule has 0 spiro atoms. The average Bonchev–Trinajstić information content (AvgIpc) is 2.96. The molecule has 21 heavy (non-hydrogen) atoms. The molecule has 0 aromatic carbocycles. The summed E-state index contributed by atoms with van der Waals surface area (Å²) in [4.78, 5) is 28.7. The van der Waals surface area contributed by atoms with Gasteiger partial charge < -0.3 is 15.0 Å². The highest BCUT2D eigenvalue weighted by Crippen LogP contribution is 2.15. The lowest BCUT2D eigenvalue weighted by Gasteiger charge is -2.14. The summed E-state index contributed by atoms with van der Waals surface area (Å²) in [6.45, 7) is 4.05. The lowest BCUT2D eigenvalue weighted by atomic mass is 10.4. The number of nitrogens with zero attached hydrogens (tertiary/aromatic N) is 3. The summed E-state index contributed by atoms with van der Waals surface area (Å²) < 4.78 is 4.89. The second-order valence-electron chi connectivity index (χ2n) is 4.01. The van der Waals surface area contributed by atoms with Gasteiger partial charge in [-0.1, -0.05) is 6.08 Å². The summed E-state index contributed by atoms with van der Waals surface area (Å²) in [5.41, 5.74) is 0.152. The van der Waals surface area contributed by atoms with Gasteiger partial charge in [-0.25, -0.2) is 9.78 Å². The van der Waals surface area contributed by atoms with Gasteiger partial charge >= 0.3 is 5.97 Å². The molecule has 0 aliphatic carbocycles. The van der Waals surface area contributed by atoms with E-state index in [4.69, 9.17) is 10.00 Å². The third kappa shape index (κ3) is 5.62. The highest BCUT2D eigenvalue weighted by molar-refractivity contribution is 7.13. The number of thiazole rings is 1. The largest absolute Gasteiger partial charge is 0.451 e. The van der Waals surface area contributed by atoms with E-state index in [1.807, 2.05) is 6.07 Å². The molecule has 0 fully saturated rings. The number of nitriles is 1. The summed E-state index contributed by atoms with van der Waals surface area (Å²) in [6.07, 6.45) is 1.91. The first-order valence-corrected chi connectivity index (χ1v) is 7.04. The van der Waals surface area contributed by atoms with E-state index >= 15 is 0 Å². The highest BCUT2D eigenvalue weighted by atomic mass is 32.1. The summed E-state index contributed by atoms with van der Waals surface area (Å²) >= 11 is 1.27. The first-order valence-electron chi connectivity index (χ1n) is 6.16. The summed E-state index contributed by atoms with van der Waals surface area (Å²) in [7, 11) is 1.55. The van der Waals surface area contributed by atoms with Crippen LogP contribution in [0.3, 0.4) is 0 Å². The molecule has 0 atom stereocenters. The Kier molecular flexibility index (Phi) is 6.91. The number of nitrogens with one attached hydrogen (secondary N) is 1. The van der Waals surface area contributed by atoms with Crippen molar-refractivity contribution in [2.75, 3.05) is 32.1 Å². The van der Waals surface area contributed by atoms with E-state index in [1.54, 1.807) is 18.5 Å². The molecule has 0 unspecified atom stereocenters. The Bertz CT molecular complexity index is 550. The normalized spacial score (nSPS) is 9.52. The molecule has 1 amide bonds. The quantitative estimate of drug-likeness (QED) is 0.574. The van der Waals surface area contributed by atoms with Crippen LogP contribution in [0, 0.1) is 11.3 Å². The molecular formula is C13H16N4O3S. The van der Waals surface area contributed by atoms with Crippen LogP contribution in [-0.2, 0) is 9.53 Å². The van der Waals surface area contributed by atoms with Crippen LogP contribution < -0.4 is 5.32 Å². The van der Waals surface area contributed by atoms with Crippen molar-refractivity contribution in [3.8, 4) is 6.07 Å². The Hall–Kier alpha value is -2.40. The number of carbonyl (C=O) groups is 2. The zero-order valence-electron chi connectivity index (χ0n) is 11.7. The predicted molar refractivity (Wildman–Crippen MR) is 79.0 cm³/mol. The van der Waals surface area contributed by atoms with Gasteiger partial charge in [0, 0.05) is 25.5 Å². The first kappa shape index (κ1) is 16.7. The van der Waals surface area contributed by atoms with E-state index in [1.165, 1.54) is 16.2 Å². The van der Waals surface area contributed by atoms with Crippen LogP contribution in [-0.4, -0.2) is 48.5 Å². The fourth-order valence-corrected chi connectivity index (χ4v) is 1.95. The van der Waals surface area contributed by atoms with Crippen molar-refractivity contribution >= 4 is 28.3 Å². The van der Waals surface area contributed by atoms with Crippen LogP contribution in [0.1, 0.15) is 16.9 Å². The predicted octanol–water partition coefficient (Wildman–Crippen LogP) is 1.27. The van der Waals surface area contributed by atoms with Crippen molar-refractivity contribution < 1.29 is 14.3 Å². The van der Waals surface area contributed by atoms with Crippen LogP contribution in [0.5, 0.6) is 0 Å². The van der Waals surface area contributed by atoms with Crippen LogP contribution in [0.2, 0.25) is 0 Å². The fourth-order valence-electron chi connectivity index (χ4n) is 1.26. The summed E-state index contributed by atoms with van der Waals surface area (Å²) in [5, 5.41) is 13.5. The summed E-state index contributed by atoms with van der Waals surface area (Å²) in [6, 6.07) is 1.94. The molecule has 1 aromatic rings. The number of hydrogen-bond donors (Lipinski definition) is 1. The van der Waals surface area contributed by atoms with Crippen molar-refractivity contribution in [1.29, 1.82) is 5.26 Å². The maximum atomic E-state index is 11.7. The zero-order valence-corrected chi connectivity index (χ0v) is 12.5. The number of hydrogen-bond acceptors (Lipinski definition) is 7. The van der Waals surface area contributed by atoms with Gasteiger partial charge in [-0.3, -0.25) is 4.79 Å². The number of anilines is 1. The van der Waals surface area contributed by atoms with E-state index in [9.17, 15) is 9.59 Å². The van der Waals surface area contributed by atoms with Gasteiger partial charge in [0.15, 0.2) is 17.4 Å². The summed E-state index contributed by atoms with van der Waals surface area (Å²) in [5.74, 6) is -1.02. The van der Waals surface area contributed by atoms with Gasteiger partial charge in [-0.15, -0.1) is 17.9 Å². The monoisotopic (exact) mass is 308 g/mol. The van der Waals surface area contributed by atoms with Crippen LogP contribution in [0.25, 0.3) is 0 Å². The van der Waals surface area contributed by atoms with Crippen molar-refractivity contribution in [2.45, 2.75) is 6.42 Å². The molecule has 1 N–H and O–H groups in total. The molecule has 0 saturated heterocycles. The number of ether oxygens (including phenoxy) is 1. The van der Waals surface area contributed by atoms with Crippen molar-refractivity contribution in [2.24, 2.45) is 0 Å². The Balaban J connectivity index is 2.43. The molecule has 1 aromatic heterocycles. The minimum atomic E-state index is -0.653. The van der Waals surface area contributed by atoms with E-state index in [0.717, 1.165) is 0 Å². The standard InChI is InChI=1S/C13H16N4O3S/c1-3-6-15-13-16-10(9-21-13)12(19)20-8-11(18)17(2)7-4-5-14/h3,9H,1,4,6-8H2,2H3,(H,15,16). The van der Waals surface area contributed by atoms with Gasteiger partial charge in [0.05, 0.1) is 12.5 Å². The number of amides is 1. The third-order valence-electron chi connectivity index (χ3n) is 2.42. The molecule has 1 rings (SSSR count). The molecular weight excluding hydrogens is 292 g/mol. The smallest absolute Gasteiger partial charge is 0.358 e. The Morgan fingerprint density at radius 3 is 3.10 bits per heavy atom. The van der Waals surface area contributed by atoms with Gasteiger partial charge in [0.1, 0.15) is 0 Å². The van der Waals surface area contributed by atoms with E-state index < -0.39 is 5.97 Å². The Labute approximate surface area is 126 Å². The highest BCUT2D eigenvalue weighted by Gasteiger charge is 2.15. The van der Waals surface area contributed by atoms with Gasteiger partial charge in [-0.05, 0) is 0 Å². The number of esters is 1. The zero-order chi connectivity index (χ0) is 15.7. The second-order valence-corrected chi connectivity index (χ2v) is 4.87. The number of carbonyl (C=O) groups excluding carboxylic acids is 2. The van der Waals surface area contributed by atoms with Crippen LogP contribution in [0.15, 0.2) is 18.0 Å². The molecule has 0 bridgehead atoms. The Morgan fingerprint density at radius 1 is 1.67 bits per heavy atom. The number of rotatable bonds is 8. The molecule has 0 radical (unpaired) electrons. The average molecular weight is 308 g/mol. The lowest BCUT2D eigenvalue weighted by molar-refractivity contribution is -0.133. The maximum Gasteiger partial charge on any atom is 0.358 e. The SMILES string of the molecule is C=CCNc1nc(C(=O)OCC(=O)N(C)CCC#N)cs1. The van der Waals surface area contributed by atoms with E-state index in [2.05, 4.69) is 16.9 Å². The minimum Gasteiger partial charge on any atom is -0.451 e. The molecule has 8 heteroatoms. The molecule has 0 aliphatic rings. The second kappa shape index (κ2) is 8.71. The Morgan fingerprint density at radius 2 is 2.43 bits per heavy atom. The van der Waals surface area contributed by atoms with Crippen LogP contribution in [0.4, 0.5) is 5.13 Å². The van der Waals surface area contributed by atoms with Gasteiger partial charge in [0.25, 0.3) is 5.91 Å². The first-order chi connectivity index (χ1) is 10.1. The fraction of sp³-hybridized carbons (Fsp3) is 0.385. The van der Waals surface area contributed by atoms with Crippen molar-refractivity contribution in [3.63, 3.8) is 0 Å². The molecule has 0 aliphatic heterocycles. The van der Waals surface area contributed by atoms with E-state index in [-0.39, 0.29) is 24.6 Å². The minimum absolute atomic E-state index is 0.152. The maximum absolute atomic E-state index is 11.7. The van der Waals surface area contributed by atoms with Gasteiger partial charge in [0.2, 0.25) is 0 Å². The molecule has 112 valence electrons. The van der Waals surface area contributed by atoms with Crippen molar-refractivity contribution in [1.82, 2.24) is 9.88 Å². The van der Waals surface area contributed by atoms with E-state index in [0.29, 0.717) is 18.2 Å². The number of likely N-dealkylation sites (N-methyl/N-ethyl adjacent to an activating group) is 1. The van der Waals surface area contributed by atoms with Crippen LogP contribution >= 0.6 is 11.3 Å². The number of aromatic nitrogens is 1. The van der Waals surface area contributed by atoms with Crippen molar-refractivity contribution in [3.05, 3.63) is 23.7 Å². The van der Waals surface area contributed by atoms with Gasteiger partial charge in [-0.2, -0.15) is 5.26 Å². The lowest BCUT2D eigenvalue weighted by Crippen LogP contribution is -2.31. The molecule has 7 nitrogen and oxygen atoms in total. The molecule has 0 saturated carbocycles. The molecule has 1 heterocycles. The topological polar surface area (TPSA) is 95.3 Å². The third-order valence-corrected chi connectivity index (χ3v) is 3.22.